The van der Waals surface area contributed by atoms with Crippen LogP contribution in [0, 0.1) is 6.92 Å². The quantitative estimate of drug-likeness (QED) is 0.731. The number of thiophene rings is 1. The van der Waals surface area contributed by atoms with Gasteiger partial charge in [0.15, 0.2) is 0 Å². The van der Waals surface area contributed by atoms with E-state index in [9.17, 15) is 4.79 Å². The van der Waals surface area contributed by atoms with E-state index in [0.717, 1.165) is 30.8 Å². The average Bonchev–Trinajstić information content (AvgIpc) is 2.71. The molecule has 19 heavy (non-hydrogen) atoms. The van der Waals surface area contributed by atoms with Crippen LogP contribution in [0.2, 0.25) is 0 Å². The van der Waals surface area contributed by atoms with Gasteiger partial charge in [0.25, 0.3) is 5.91 Å². The molecule has 1 heterocycles. The number of aryl methyl sites for hydroxylation is 2. The molecule has 0 radical (unpaired) electrons. The first-order valence-corrected chi connectivity index (χ1v) is 8.27. The predicted molar refractivity (Wildman–Crippen MR) is 88.2 cm³/mol. The van der Waals surface area contributed by atoms with Crippen LogP contribution in [0.3, 0.4) is 0 Å². The van der Waals surface area contributed by atoms with Crippen molar-refractivity contribution in [3.63, 3.8) is 0 Å². The minimum Gasteiger partial charge on any atom is -0.321 e. The molecule has 2 rings (SSSR count). The van der Waals surface area contributed by atoms with Crippen LogP contribution in [-0.2, 0) is 6.42 Å². The smallest absolute Gasteiger partial charge is 0.257 e. The summed E-state index contributed by atoms with van der Waals surface area (Å²) in [5.74, 6) is -0.0853. The van der Waals surface area contributed by atoms with Gasteiger partial charge in [-0.1, -0.05) is 25.1 Å². The van der Waals surface area contributed by atoms with E-state index in [1.807, 2.05) is 31.2 Å². The number of benzene rings is 1. The fourth-order valence-corrected chi connectivity index (χ4v) is 4.67. The fraction of sp³-hybridized carbons (Fsp3) is 0.214. The third kappa shape index (κ3) is 3.27. The molecule has 0 saturated carbocycles. The van der Waals surface area contributed by atoms with E-state index in [0.29, 0.717) is 5.56 Å². The van der Waals surface area contributed by atoms with E-state index in [-0.39, 0.29) is 5.91 Å². The lowest BCUT2D eigenvalue weighted by Gasteiger charge is -2.12. The predicted octanol–water partition coefficient (Wildman–Crippen LogP) is 5.40. The van der Waals surface area contributed by atoms with Gasteiger partial charge in [-0.2, -0.15) is 0 Å². The average molecular weight is 403 g/mol. The minimum atomic E-state index is -0.0853. The van der Waals surface area contributed by atoms with Crippen molar-refractivity contribution in [1.82, 2.24) is 0 Å². The molecule has 1 amide bonds. The van der Waals surface area contributed by atoms with Crippen molar-refractivity contribution in [2.24, 2.45) is 0 Å². The molecule has 1 aromatic heterocycles. The number of nitrogens with one attached hydrogen (secondary N) is 1. The first-order chi connectivity index (χ1) is 9.02. The number of carbonyl (C=O) groups excluding carboxylic acids is 1. The lowest BCUT2D eigenvalue weighted by Crippen LogP contribution is -2.14. The molecule has 0 aliphatic heterocycles. The summed E-state index contributed by atoms with van der Waals surface area (Å²) in [5, 5.41) is 3.02. The molecule has 1 N–H and O–H groups in total. The van der Waals surface area contributed by atoms with Gasteiger partial charge < -0.3 is 5.32 Å². The maximum atomic E-state index is 12.3. The number of para-hydroxylation sites is 1. The number of halogens is 2. The SMILES string of the molecule is CCc1cccc(C)c1NC(=O)c1cc(Br)sc1Br. The first-order valence-electron chi connectivity index (χ1n) is 5.87. The van der Waals surface area contributed by atoms with E-state index in [1.54, 1.807) is 0 Å². The Morgan fingerprint density at radius 1 is 1.37 bits per heavy atom. The van der Waals surface area contributed by atoms with Gasteiger partial charge >= 0.3 is 0 Å². The van der Waals surface area contributed by atoms with Gasteiger partial charge in [-0.3, -0.25) is 4.79 Å². The zero-order valence-electron chi connectivity index (χ0n) is 10.6. The molecule has 0 bridgehead atoms. The summed E-state index contributed by atoms with van der Waals surface area (Å²) in [6.45, 7) is 4.09. The summed E-state index contributed by atoms with van der Waals surface area (Å²) in [5.41, 5.74) is 3.81. The van der Waals surface area contributed by atoms with E-state index in [4.69, 9.17) is 0 Å². The Bertz CT molecular complexity index is 622. The summed E-state index contributed by atoms with van der Waals surface area (Å²) in [4.78, 5) is 12.3. The van der Waals surface area contributed by atoms with Gasteiger partial charge in [-0.05, 0) is 62.4 Å². The van der Waals surface area contributed by atoms with Crippen LogP contribution in [0.25, 0.3) is 0 Å². The summed E-state index contributed by atoms with van der Waals surface area (Å²) in [6.07, 6.45) is 0.895. The molecule has 0 aliphatic rings. The van der Waals surface area contributed by atoms with Crippen molar-refractivity contribution in [3.8, 4) is 0 Å². The second kappa shape index (κ2) is 6.20. The third-order valence-corrected chi connectivity index (χ3v) is 5.22. The molecule has 5 heteroatoms. The zero-order chi connectivity index (χ0) is 14.0. The molecule has 0 unspecified atom stereocenters. The standard InChI is InChI=1S/C14H13Br2NOS/c1-3-9-6-4-5-8(2)12(9)17-14(18)10-7-11(15)19-13(10)16/h4-7H,3H2,1-2H3,(H,17,18). The summed E-state index contributed by atoms with van der Waals surface area (Å²) >= 11 is 8.30. The van der Waals surface area contributed by atoms with E-state index in [1.165, 1.54) is 11.3 Å². The highest BCUT2D eigenvalue weighted by Gasteiger charge is 2.15. The zero-order valence-corrected chi connectivity index (χ0v) is 14.6. The van der Waals surface area contributed by atoms with Crippen molar-refractivity contribution in [1.29, 1.82) is 0 Å². The number of carbonyl (C=O) groups is 1. The molecule has 0 saturated heterocycles. The van der Waals surface area contributed by atoms with Crippen LogP contribution < -0.4 is 5.32 Å². The second-order valence-corrected chi connectivity index (χ2v) is 7.90. The van der Waals surface area contributed by atoms with Crippen LogP contribution in [0.5, 0.6) is 0 Å². The van der Waals surface area contributed by atoms with Gasteiger partial charge in [0, 0.05) is 5.69 Å². The molecular weight excluding hydrogens is 390 g/mol. The number of hydrogen-bond donors (Lipinski definition) is 1. The molecule has 2 aromatic rings. The Hall–Kier alpha value is -0.650. The van der Waals surface area contributed by atoms with E-state index < -0.39 is 0 Å². The number of amides is 1. The lowest BCUT2D eigenvalue weighted by atomic mass is 10.1. The van der Waals surface area contributed by atoms with Crippen molar-refractivity contribution < 1.29 is 4.79 Å². The van der Waals surface area contributed by atoms with Crippen LogP contribution in [0.1, 0.15) is 28.4 Å². The van der Waals surface area contributed by atoms with Crippen LogP contribution in [0.15, 0.2) is 31.8 Å². The highest BCUT2D eigenvalue weighted by atomic mass is 79.9. The summed E-state index contributed by atoms with van der Waals surface area (Å²) < 4.78 is 1.77. The van der Waals surface area contributed by atoms with Crippen LogP contribution >= 0.6 is 43.2 Å². The highest BCUT2D eigenvalue weighted by molar-refractivity contribution is 9.12. The molecule has 1 aromatic carbocycles. The normalized spacial score (nSPS) is 10.5. The monoisotopic (exact) mass is 401 g/mol. The number of hydrogen-bond acceptors (Lipinski definition) is 2. The molecule has 0 fully saturated rings. The Labute approximate surface area is 133 Å². The molecule has 2 nitrogen and oxygen atoms in total. The van der Waals surface area contributed by atoms with Crippen LogP contribution in [0.4, 0.5) is 5.69 Å². The van der Waals surface area contributed by atoms with Gasteiger partial charge in [0.05, 0.1) is 13.1 Å². The van der Waals surface area contributed by atoms with E-state index in [2.05, 4.69) is 44.1 Å². The lowest BCUT2D eigenvalue weighted by molar-refractivity contribution is 0.102. The summed E-state index contributed by atoms with van der Waals surface area (Å²) in [6, 6.07) is 7.89. The van der Waals surface area contributed by atoms with Crippen molar-refractivity contribution >= 4 is 54.8 Å². The van der Waals surface area contributed by atoms with Crippen molar-refractivity contribution in [2.45, 2.75) is 20.3 Å². The Balaban J connectivity index is 2.31. The topological polar surface area (TPSA) is 29.1 Å². The fourth-order valence-electron chi connectivity index (χ4n) is 1.88. The van der Waals surface area contributed by atoms with Crippen LogP contribution in [-0.4, -0.2) is 5.91 Å². The second-order valence-electron chi connectivity index (χ2n) is 4.15. The minimum absolute atomic E-state index is 0.0853. The Kier molecular flexibility index (Phi) is 4.81. The van der Waals surface area contributed by atoms with Gasteiger partial charge in [-0.15, -0.1) is 11.3 Å². The third-order valence-electron chi connectivity index (χ3n) is 2.88. The number of rotatable bonds is 3. The molecule has 100 valence electrons. The van der Waals surface area contributed by atoms with Crippen molar-refractivity contribution in [3.05, 3.63) is 48.5 Å². The van der Waals surface area contributed by atoms with Gasteiger partial charge in [0.2, 0.25) is 0 Å². The highest BCUT2D eigenvalue weighted by Crippen LogP contribution is 2.32. The molecule has 0 aliphatic carbocycles. The van der Waals surface area contributed by atoms with E-state index >= 15 is 0 Å². The molecular formula is C14H13Br2NOS. The number of anilines is 1. The van der Waals surface area contributed by atoms with Gasteiger partial charge in [0.1, 0.15) is 0 Å². The summed E-state index contributed by atoms with van der Waals surface area (Å²) in [7, 11) is 0. The maximum Gasteiger partial charge on any atom is 0.257 e. The van der Waals surface area contributed by atoms with Crippen molar-refractivity contribution in [2.75, 3.05) is 5.32 Å². The Morgan fingerprint density at radius 3 is 2.68 bits per heavy atom. The largest absolute Gasteiger partial charge is 0.321 e. The molecule has 0 atom stereocenters. The van der Waals surface area contributed by atoms with Gasteiger partial charge in [-0.25, -0.2) is 0 Å². The Morgan fingerprint density at radius 2 is 2.11 bits per heavy atom. The first kappa shape index (κ1) is 14.8. The molecule has 0 spiro atoms. The maximum absolute atomic E-state index is 12.3.